The topological polar surface area (TPSA) is 75.7 Å². The molecule has 0 saturated heterocycles. The lowest BCUT2D eigenvalue weighted by molar-refractivity contribution is -0.121. The number of carbonyl (C=O) groups excluding carboxylic acids is 1. The van der Waals surface area contributed by atoms with Gasteiger partial charge in [-0.15, -0.1) is 0 Å². The molecular formula is C20H24Cl2N2O4S. The van der Waals surface area contributed by atoms with Crippen molar-refractivity contribution in [3.8, 4) is 5.75 Å². The van der Waals surface area contributed by atoms with Crippen molar-refractivity contribution < 1.29 is 17.9 Å². The van der Waals surface area contributed by atoms with Crippen LogP contribution < -0.4 is 14.4 Å². The Balaban J connectivity index is 2.05. The van der Waals surface area contributed by atoms with Crippen LogP contribution in [0.15, 0.2) is 36.4 Å². The molecule has 0 spiro atoms. The van der Waals surface area contributed by atoms with Gasteiger partial charge in [-0.2, -0.15) is 0 Å². The summed E-state index contributed by atoms with van der Waals surface area (Å²) >= 11 is 12.1. The lowest BCUT2D eigenvalue weighted by Gasteiger charge is -2.29. The Morgan fingerprint density at radius 3 is 2.48 bits per heavy atom. The van der Waals surface area contributed by atoms with E-state index in [0.29, 0.717) is 5.02 Å². The van der Waals surface area contributed by atoms with Crippen LogP contribution in [0.25, 0.3) is 0 Å². The molecule has 0 aromatic heterocycles. The van der Waals surface area contributed by atoms with E-state index in [4.69, 9.17) is 27.9 Å². The summed E-state index contributed by atoms with van der Waals surface area (Å²) in [5.74, 6) is 0.261. The van der Waals surface area contributed by atoms with Crippen LogP contribution in [0.3, 0.4) is 0 Å². The maximum Gasteiger partial charge on any atom is 0.243 e. The van der Waals surface area contributed by atoms with Crippen LogP contribution in [0, 0.1) is 13.8 Å². The number of nitrogens with zero attached hydrogens (tertiary/aromatic N) is 1. The van der Waals surface area contributed by atoms with E-state index in [1.54, 1.807) is 6.07 Å². The normalized spacial score (nSPS) is 12.3. The maximum absolute atomic E-state index is 12.6. The van der Waals surface area contributed by atoms with Crippen molar-refractivity contribution in [2.75, 3.05) is 23.7 Å². The highest BCUT2D eigenvalue weighted by molar-refractivity contribution is 7.92. The molecule has 0 aliphatic heterocycles. The van der Waals surface area contributed by atoms with Crippen molar-refractivity contribution >= 4 is 44.8 Å². The zero-order chi connectivity index (χ0) is 21.8. The first-order valence-electron chi connectivity index (χ1n) is 8.93. The third kappa shape index (κ3) is 6.26. The molecule has 1 amide bonds. The van der Waals surface area contributed by atoms with Crippen LogP contribution in [0.2, 0.25) is 10.0 Å². The molecular weight excluding hydrogens is 435 g/mol. The Bertz CT molecular complexity index is 996. The Labute approximate surface area is 181 Å². The quantitative estimate of drug-likeness (QED) is 0.607. The van der Waals surface area contributed by atoms with Crippen LogP contribution in [0.1, 0.15) is 18.1 Å². The molecule has 6 nitrogen and oxygen atoms in total. The number of anilines is 1. The number of halogens is 2. The number of sulfonamides is 1. The maximum atomic E-state index is 12.6. The van der Waals surface area contributed by atoms with Gasteiger partial charge < -0.3 is 10.1 Å². The number of carbonyl (C=O) groups is 1. The highest BCUT2D eigenvalue weighted by Gasteiger charge is 2.30. The second kappa shape index (κ2) is 9.69. The fourth-order valence-electron chi connectivity index (χ4n) is 2.88. The number of hydrogen-bond acceptors (Lipinski definition) is 4. The van der Waals surface area contributed by atoms with Gasteiger partial charge in [-0.1, -0.05) is 40.9 Å². The van der Waals surface area contributed by atoms with Gasteiger partial charge in [0.2, 0.25) is 15.9 Å². The van der Waals surface area contributed by atoms with E-state index in [1.165, 1.54) is 19.1 Å². The molecule has 2 rings (SSSR count). The zero-order valence-corrected chi connectivity index (χ0v) is 19.0. The second-order valence-electron chi connectivity index (χ2n) is 6.74. The van der Waals surface area contributed by atoms with Gasteiger partial charge in [-0.05, 0) is 50.6 Å². The van der Waals surface area contributed by atoms with Crippen molar-refractivity contribution in [3.05, 3.63) is 57.6 Å². The first-order valence-corrected chi connectivity index (χ1v) is 11.5. The summed E-state index contributed by atoms with van der Waals surface area (Å²) in [5, 5.41) is 3.18. The third-order valence-electron chi connectivity index (χ3n) is 4.22. The van der Waals surface area contributed by atoms with Crippen molar-refractivity contribution in [2.24, 2.45) is 0 Å². The summed E-state index contributed by atoms with van der Waals surface area (Å²) in [6, 6.07) is 9.25. The number of rotatable bonds is 8. The first kappa shape index (κ1) is 23.3. The zero-order valence-electron chi connectivity index (χ0n) is 16.7. The fourth-order valence-corrected chi connectivity index (χ4v) is 4.48. The van der Waals surface area contributed by atoms with Gasteiger partial charge in [-0.3, -0.25) is 9.10 Å². The molecule has 0 fully saturated rings. The van der Waals surface area contributed by atoms with Crippen LogP contribution >= 0.6 is 23.2 Å². The number of amides is 1. The standard InChI is InChI=1S/C20H24Cl2N2O4S/c1-13-5-8-19(14(2)11-13)28-10-9-23-20(25)15(3)24(29(4,26)27)18-12-16(21)6-7-17(18)22/h5-8,11-12,15H,9-10H2,1-4H3,(H,23,25). The van der Waals surface area contributed by atoms with Gasteiger partial charge in [0.1, 0.15) is 18.4 Å². The summed E-state index contributed by atoms with van der Waals surface area (Å²) < 4.78 is 31.3. The molecule has 1 unspecified atom stereocenters. The molecule has 1 atom stereocenters. The Hall–Kier alpha value is -1.96. The molecule has 158 valence electrons. The largest absolute Gasteiger partial charge is 0.491 e. The van der Waals surface area contributed by atoms with Crippen LogP contribution in [0.4, 0.5) is 5.69 Å². The molecule has 0 aliphatic carbocycles. The molecule has 1 N–H and O–H groups in total. The number of hydrogen-bond donors (Lipinski definition) is 1. The van der Waals surface area contributed by atoms with Crippen molar-refractivity contribution in [3.63, 3.8) is 0 Å². The third-order valence-corrected chi connectivity index (χ3v) is 6.01. The van der Waals surface area contributed by atoms with Gasteiger partial charge in [0.05, 0.1) is 23.5 Å². The summed E-state index contributed by atoms with van der Waals surface area (Å²) in [7, 11) is -3.79. The number of ether oxygens (including phenoxy) is 1. The summed E-state index contributed by atoms with van der Waals surface area (Å²) in [4.78, 5) is 12.6. The average molecular weight is 459 g/mol. The molecule has 0 saturated carbocycles. The van der Waals surface area contributed by atoms with Crippen LogP contribution in [-0.2, 0) is 14.8 Å². The van der Waals surface area contributed by atoms with E-state index in [9.17, 15) is 13.2 Å². The van der Waals surface area contributed by atoms with Crippen molar-refractivity contribution in [1.82, 2.24) is 5.32 Å². The van der Waals surface area contributed by atoms with Crippen LogP contribution in [-0.4, -0.2) is 39.8 Å². The van der Waals surface area contributed by atoms with Gasteiger partial charge in [0, 0.05) is 5.02 Å². The summed E-state index contributed by atoms with van der Waals surface area (Å²) in [6.45, 7) is 5.90. The highest BCUT2D eigenvalue weighted by Crippen LogP contribution is 2.32. The number of benzene rings is 2. The van der Waals surface area contributed by atoms with Gasteiger partial charge in [0.15, 0.2) is 0 Å². The van der Waals surface area contributed by atoms with Gasteiger partial charge >= 0.3 is 0 Å². The predicted molar refractivity (Wildman–Crippen MR) is 118 cm³/mol. The fraction of sp³-hybridized carbons (Fsp3) is 0.350. The van der Waals surface area contributed by atoms with Gasteiger partial charge in [-0.25, -0.2) is 8.42 Å². The lowest BCUT2D eigenvalue weighted by Crippen LogP contribution is -2.48. The predicted octanol–water partition coefficient (Wildman–Crippen LogP) is 3.96. The second-order valence-corrected chi connectivity index (χ2v) is 9.44. The van der Waals surface area contributed by atoms with E-state index in [0.717, 1.165) is 27.4 Å². The molecule has 9 heteroatoms. The van der Waals surface area contributed by atoms with E-state index in [2.05, 4.69) is 5.32 Å². The molecule has 2 aromatic rings. The summed E-state index contributed by atoms with van der Waals surface area (Å²) in [6.07, 6.45) is 1.01. The SMILES string of the molecule is Cc1ccc(OCCNC(=O)C(C)N(c2cc(Cl)ccc2Cl)S(C)(=O)=O)c(C)c1. The van der Waals surface area contributed by atoms with E-state index < -0.39 is 22.0 Å². The van der Waals surface area contributed by atoms with Crippen molar-refractivity contribution in [2.45, 2.75) is 26.8 Å². The van der Waals surface area contributed by atoms with Crippen molar-refractivity contribution in [1.29, 1.82) is 0 Å². The Morgan fingerprint density at radius 1 is 1.17 bits per heavy atom. The molecule has 0 radical (unpaired) electrons. The minimum absolute atomic E-state index is 0.149. The van der Waals surface area contributed by atoms with E-state index >= 15 is 0 Å². The number of nitrogens with one attached hydrogen (secondary N) is 1. The van der Waals surface area contributed by atoms with Crippen LogP contribution in [0.5, 0.6) is 5.75 Å². The molecule has 0 bridgehead atoms. The number of aryl methyl sites for hydroxylation is 2. The Kier molecular flexibility index (Phi) is 7.80. The Morgan fingerprint density at radius 2 is 1.86 bits per heavy atom. The highest BCUT2D eigenvalue weighted by atomic mass is 35.5. The molecule has 29 heavy (non-hydrogen) atoms. The molecule has 0 heterocycles. The minimum atomic E-state index is -3.79. The minimum Gasteiger partial charge on any atom is -0.491 e. The molecule has 2 aromatic carbocycles. The van der Waals surface area contributed by atoms with E-state index in [-0.39, 0.29) is 23.9 Å². The summed E-state index contributed by atoms with van der Waals surface area (Å²) in [5.41, 5.74) is 2.29. The smallest absolute Gasteiger partial charge is 0.243 e. The van der Waals surface area contributed by atoms with E-state index in [1.807, 2.05) is 32.0 Å². The van der Waals surface area contributed by atoms with Gasteiger partial charge in [0.25, 0.3) is 0 Å². The lowest BCUT2D eigenvalue weighted by atomic mass is 10.1. The molecule has 0 aliphatic rings. The monoisotopic (exact) mass is 458 g/mol. The average Bonchev–Trinajstić information content (AvgIpc) is 2.61. The first-order chi connectivity index (χ1) is 13.5.